The topological polar surface area (TPSA) is 39.6 Å². The maximum atomic E-state index is 9.42. The molecule has 1 fully saturated rings. The van der Waals surface area contributed by atoms with Gasteiger partial charge in [-0.3, -0.25) is 4.98 Å². The zero-order chi connectivity index (χ0) is 14.7. The molecule has 0 saturated carbocycles. The molecule has 4 nitrogen and oxygen atoms in total. The Labute approximate surface area is 129 Å². The predicted molar refractivity (Wildman–Crippen MR) is 86.0 cm³/mol. The van der Waals surface area contributed by atoms with Gasteiger partial charge in [-0.05, 0) is 30.3 Å². The van der Waals surface area contributed by atoms with Crippen LogP contribution in [-0.4, -0.2) is 36.3 Å². The molecule has 2 heterocycles. The van der Waals surface area contributed by atoms with Gasteiger partial charge in [-0.1, -0.05) is 11.6 Å². The van der Waals surface area contributed by atoms with Crippen LogP contribution < -0.4 is 9.80 Å². The van der Waals surface area contributed by atoms with Crippen molar-refractivity contribution in [2.24, 2.45) is 0 Å². The van der Waals surface area contributed by atoms with Gasteiger partial charge in [-0.15, -0.1) is 0 Å². The Morgan fingerprint density at radius 2 is 1.67 bits per heavy atom. The second kappa shape index (κ2) is 6.33. The van der Waals surface area contributed by atoms with Crippen molar-refractivity contribution in [2.45, 2.75) is 6.61 Å². The third-order valence-electron chi connectivity index (χ3n) is 3.86. The summed E-state index contributed by atoms with van der Waals surface area (Å²) in [5.41, 5.74) is 3.18. The van der Waals surface area contributed by atoms with Crippen molar-refractivity contribution in [3.8, 4) is 0 Å². The summed E-state index contributed by atoms with van der Waals surface area (Å²) < 4.78 is 0. The number of anilines is 2. The number of halogens is 1. The molecule has 0 radical (unpaired) electrons. The van der Waals surface area contributed by atoms with Crippen LogP contribution in [0.15, 0.2) is 42.7 Å². The van der Waals surface area contributed by atoms with E-state index in [0.717, 1.165) is 42.5 Å². The van der Waals surface area contributed by atoms with Crippen LogP contribution in [-0.2, 0) is 6.61 Å². The first-order chi connectivity index (χ1) is 10.3. The number of hydrogen-bond acceptors (Lipinski definition) is 4. The van der Waals surface area contributed by atoms with E-state index < -0.39 is 0 Å². The highest BCUT2D eigenvalue weighted by Gasteiger charge is 2.19. The van der Waals surface area contributed by atoms with E-state index in [9.17, 15) is 5.11 Å². The quantitative estimate of drug-likeness (QED) is 0.946. The fraction of sp³-hybridized carbons (Fsp3) is 0.312. The Morgan fingerprint density at radius 3 is 2.33 bits per heavy atom. The van der Waals surface area contributed by atoms with Crippen LogP contribution in [0.5, 0.6) is 0 Å². The fourth-order valence-corrected chi connectivity index (χ4v) is 2.83. The standard InChI is InChI=1S/C16H18ClN3O/c17-14-1-3-15(4-2-14)19-7-9-20(10-8-19)16-5-6-18-11-13(16)12-21/h1-6,11,21H,7-10,12H2. The molecular weight excluding hydrogens is 286 g/mol. The van der Waals surface area contributed by atoms with Crippen molar-refractivity contribution in [3.05, 3.63) is 53.3 Å². The summed E-state index contributed by atoms with van der Waals surface area (Å²) in [6, 6.07) is 9.95. The zero-order valence-electron chi connectivity index (χ0n) is 11.7. The first kappa shape index (κ1) is 14.2. The van der Waals surface area contributed by atoms with E-state index >= 15 is 0 Å². The van der Waals surface area contributed by atoms with Crippen LogP contribution in [0.25, 0.3) is 0 Å². The summed E-state index contributed by atoms with van der Waals surface area (Å²) in [6.45, 7) is 3.80. The number of piperazine rings is 1. The smallest absolute Gasteiger partial charge is 0.0717 e. The minimum absolute atomic E-state index is 0.0283. The molecule has 0 unspecified atom stereocenters. The van der Waals surface area contributed by atoms with Crippen LogP contribution in [0.1, 0.15) is 5.56 Å². The second-order valence-corrected chi connectivity index (χ2v) is 5.55. The van der Waals surface area contributed by atoms with Gasteiger partial charge in [-0.25, -0.2) is 0 Å². The molecular formula is C16H18ClN3O. The normalized spacial score (nSPS) is 15.3. The average Bonchev–Trinajstić information content (AvgIpc) is 2.56. The van der Waals surface area contributed by atoms with Crippen LogP contribution in [0.4, 0.5) is 11.4 Å². The van der Waals surface area contributed by atoms with E-state index in [0.29, 0.717) is 0 Å². The van der Waals surface area contributed by atoms with Crippen molar-refractivity contribution >= 4 is 23.0 Å². The highest BCUT2D eigenvalue weighted by atomic mass is 35.5. The summed E-state index contributed by atoms with van der Waals surface area (Å²) in [6.07, 6.45) is 3.51. The molecule has 0 bridgehead atoms. The number of aliphatic hydroxyl groups excluding tert-OH is 1. The molecule has 0 amide bonds. The Hall–Kier alpha value is -1.78. The first-order valence-electron chi connectivity index (χ1n) is 7.07. The lowest BCUT2D eigenvalue weighted by molar-refractivity contribution is 0.281. The van der Waals surface area contributed by atoms with Gasteiger partial charge >= 0.3 is 0 Å². The van der Waals surface area contributed by atoms with Crippen molar-refractivity contribution in [1.29, 1.82) is 0 Å². The van der Waals surface area contributed by atoms with Gasteiger partial charge in [0, 0.05) is 60.5 Å². The molecule has 110 valence electrons. The Bertz CT molecular complexity index is 595. The summed E-state index contributed by atoms with van der Waals surface area (Å²) >= 11 is 5.93. The molecule has 0 aliphatic carbocycles. The molecule has 1 N–H and O–H groups in total. The van der Waals surface area contributed by atoms with Crippen molar-refractivity contribution in [2.75, 3.05) is 36.0 Å². The van der Waals surface area contributed by atoms with Crippen LogP contribution in [0.3, 0.4) is 0 Å². The molecule has 1 aliphatic rings. The predicted octanol–water partition coefficient (Wildman–Crippen LogP) is 2.55. The summed E-state index contributed by atoms with van der Waals surface area (Å²) in [4.78, 5) is 8.73. The number of aromatic nitrogens is 1. The van der Waals surface area contributed by atoms with Gasteiger partial charge in [0.25, 0.3) is 0 Å². The lowest BCUT2D eigenvalue weighted by Gasteiger charge is -2.38. The van der Waals surface area contributed by atoms with Gasteiger partial charge in [0.2, 0.25) is 0 Å². The highest BCUT2D eigenvalue weighted by Crippen LogP contribution is 2.24. The van der Waals surface area contributed by atoms with Gasteiger partial charge < -0.3 is 14.9 Å². The maximum Gasteiger partial charge on any atom is 0.0717 e. The molecule has 1 aromatic heterocycles. The molecule has 2 aromatic rings. The van der Waals surface area contributed by atoms with Crippen molar-refractivity contribution < 1.29 is 5.11 Å². The molecule has 5 heteroatoms. The van der Waals surface area contributed by atoms with Gasteiger partial charge in [0.15, 0.2) is 0 Å². The lowest BCUT2D eigenvalue weighted by Crippen LogP contribution is -2.46. The summed E-state index contributed by atoms with van der Waals surface area (Å²) in [5, 5.41) is 10.2. The van der Waals surface area contributed by atoms with Gasteiger partial charge in [-0.2, -0.15) is 0 Å². The number of rotatable bonds is 3. The van der Waals surface area contributed by atoms with E-state index in [1.54, 1.807) is 12.4 Å². The Kier molecular flexibility index (Phi) is 4.27. The lowest BCUT2D eigenvalue weighted by atomic mass is 10.2. The molecule has 1 aromatic carbocycles. The second-order valence-electron chi connectivity index (χ2n) is 5.11. The number of nitrogens with zero attached hydrogens (tertiary/aromatic N) is 3. The number of hydrogen-bond donors (Lipinski definition) is 1. The third-order valence-corrected chi connectivity index (χ3v) is 4.11. The molecule has 0 spiro atoms. The van der Waals surface area contributed by atoms with Crippen LogP contribution >= 0.6 is 11.6 Å². The molecule has 21 heavy (non-hydrogen) atoms. The molecule has 1 saturated heterocycles. The first-order valence-corrected chi connectivity index (χ1v) is 7.45. The van der Waals surface area contributed by atoms with Crippen LogP contribution in [0, 0.1) is 0 Å². The largest absolute Gasteiger partial charge is 0.392 e. The zero-order valence-corrected chi connectivity index (χ0v) is 12.5. The fourth-order valence-electron chi connectivity index (χ4n) is 2.71. The molecule has 1 aliphatic heterocycles. The average molecular weight is 304 g/mol. The number of benzene rings is 1. The maximum absolute atomic E-state index is 9.42. The Morgan fingerprint density at radius 1 is 1.00 bits per heavy atom. The van der Waals surface area contributed by atoms with E-state index in [4.69, 9.17) is 11.6 Å². The summed E-state index contributed by atoms with van der Waals surface area (Å²) in [5.74, 6) is 0. The minimum atomic E-state index is 0.0283. The van der Waals surface area contributed by atoms with Crippen molar-refractivity contribution in [3.63, 3.8) is 0 Å². The van der Waals surface area contributed by atoms with Crippen molar-refractivity contribution in [1.82, 2.24) is 4.98 Å². The van der Waals surface area contributed by atoms with E-state index in [-0.39, 0.29) is 6.61 Å². The van der Waals surface area contributed by atoms with E-state index in [1.165, 1.54) is 5.69 Å². The molecule has 0 atom stereocenters. The van der Waals surface area contributed by atoms with Crippen LogP contribution in [0.2, 0.25) is 5.02 Å². The third kappa shape index (κ3) is 3.12. The van der Waals surface area contributed by atoms with Gasteiger partial charge in [0.1, 0.15) is 0 Å². The number of pyridine rings is 1. The van der Waals surface area contributed by atoms with E-state index in [2.05, 4.69) is 26.9 Å². The minimum Gasteiger partial charge on any atom is -0.392 e. The highest BCUT2D eigenvalue weighted by molar-refractivity contribution is 6.30. The SMILES string of the molecule is OCc1cnccc1N1CCN(c2ccc(Cl)cc2)CC1. The van der Waals surface area contributed by atoms with E-state index in [1.807, 2.05) is 18.2 Å². The molecule has 3 rings (SSSR count). The van der Waals surface area contributed by atoms with Gasteiger partial charge in [0.05, 0.1) is 6.61 Å². The number of aliphatic hydroxyl groups is 1. The Balaban J connectivity index is 1.69. The monoisotopic (exact) mass is 303 g/mol. The summed E-state index contributed by atoms with van der Waals surface area (Å²) in [7, 11) is 0.